The first-order valence-electron chi connectivity index (χ1n) is 8.98. The third kappa shape index (κ3) is 2.98. The van der Waals surface area contributed by atoms with Gasteiger partial charge in [0.05, 0.1) is 11.8 Å². The maximum atomic E-state index is 10.3. The van der Waals surface area contributed by atoms with E-state index in [1.54, 1.807) is 0 Å². The first kappa shape index (κ1) is 15.8. The van der Waals surface area contributed by atoms with E-state index in [0.29, 0.717) is 17.8 Å². The predicted molar refractivity (Wildman–Crippen MR) is 90.8 cm³/mol. The predicted octanol–water partition coefficient (Wildman–Crippen LogP) is 2.11. The molecule has 2 aromatic heterocycles. The first-order chi connectivity index (χ1) is 11.7. The summed E-state index contributed by atoms with van der Waals surface area (Å²) in [7, 11) is 0. The Morgan fingerprint density at radius 3 is 2.75 bits per heavy atom. The second-order valence-corrected chi connectivity index (χ2v) is 7.04. The fourth-order valence-corrected chi connectivity index (χ4v) is 4.12. The fourth-order valence-electron chi connectivity index (χ4n) is 4.12. The van der Waals surface area contributed by atoms with E-state index >= 15 is 0 Å². The van der Waals surface area contributed by atoms with Gasteiger partial charge in [0.1, 0.15) is 17.5 Å². The summed E-state index contributed by atoms with van der Waals surface area (Å²) in [6.45, 7) is 3.96. The molecule has 7 heteroatoms. The summed E-state index contributed by atoms with van der Waals surface area (Å²) in [5, 5.41) is 18.7. The van der Waals surface area contributed by atoms with Crippen LogP contribution < -0.4 is 5.32 Å². The van der Waals surface area contributed by atoms with Crippen molar-refractivity contribution in [2.24, 2.45) is 0 Å². The molecule has 0 aromatic carbocycles. The number of aromatic nitrogens is 3. The number of piperidine rings is 1. The zero-order valence-electron chi connectivity index (χ0n) is 14.1. The zero-order chi connectivity index (χ0) is 16.5. The SMILES string of the molecule is Cc1noc2ncnc(NC3CCN([C@H]4CCCC[C@@H]4O)CC3)c12. The van der Waals surface area contributed by atoms with E-state index in [4.69, 9.17) is 4.52 Å². The van der Waals surface area contributed by atoms with Gasteiger partial charge < -0.3 is 14.9 Å². The molecule has 0 bridgehead atoms. The quantitative estimate of drug-likeness (QED) is 0.890. The topological polar surface area (TPSA) is 87.3 Å². The monoisotopic (exact) mass is 331 g/mol. The minimum Gasteiger partial charge on any atom is -0.391 e. The van der Waals surface area contributed by atoms with Gasteiger partial charge in [-0.25, -0.2) is 4.98 Å². The van der Waals surface area contributed by atoms with E-state index in [0.717, 1.165) is 62.1 Å². The summed E-state index contributed by atoms with van der Waals surface area (Å²) in [6.07, 6.45) is 7.97. The number of rotatable bonds is 3. The summed E-state index contributed by atoms with van der Waals surface area (Å²) in [4.78, 5) is 11.0. The Bertz CT molecular complexity index is 695. The minimum atomic E-state index is -0.149. The average molecular weight is 331 g/mol. The van der Waals surface area contributed by atoms with Gasteiger partial charge in [0.2, 0.25) is 0 Å². The van der Waals surface area contributed by atoms with Crippen molar-refractivity contribution < 1.29 is 9.63 Å². The Balaban J connectivity index is 1.40. The molecule has 1 saturated carbocycles. The van der Waals surface area contributed by atoms with E-state index in [2.05, 4.69) is 25.3 Å². The summed E-state index contributed by atoms with van der Waals surface area (Å²) in [6, 6.07) is 0.736. The third-order valence-electron chi connectivity index (χ3n) is 5.48. The minimum absolute atomic E-state index is 0.149. The van der Waals surface area contributed by atoms with Crippen molar-refractivity contribution in [3.63, 3.8) is 0 Å². The van der Waals surface area contributed by atoms with Gasteiger partial charge in [-0.1, -0.05) is 18.0 Å². The van der Waals surface area contributed by atoms with Crippen LogP contribution in [0.15, 0.2) is 10.9 Å². The average Bonchev–Trinajstić information content (AvgIpc) is 2.99. The van der Waals surface area contributed by atoms with E-state index in [-0.39, 0.29) is 6.10 Å². The number of likely N-dealkylation sites (tertiary alicyclic amines) is 1. The number of hydrogen-bond acceptors (Lipinski definition) is 7. The number of anilines is 1. The van der Waals surface area contributed by atoms with Gasteiger partial charge in [-0.2, -0.15) is 4.98 Å². The molecule has 130 valence electrons. The molecule has 1 aliphatic heterocycles. The maximum absolute atomic E-state index is 10.3. The highest BCUT2D eigenvalue weighted by Gasteiger charge is 2.31. The summed E-state index contributed by atoms with van der Waals surface area (Å²) < 4.78 is 5.21. The largest absolute Gasteiger partial charge is 0.391 e. The highest BCUT2D eigenvalue weighted by molar-refractivity contribution is 5.87. The number of aryl methyl sites for hydroxylation is 1. The van der Waals surface area contributed by atoms with Crippen LogP contribution in [-0.4, -0.2) is 56.4 Å². The van der Waals surface area contributed by atoms with Crippen molar-refractivity contribution in [2.75, 3.05) is 18.4 Å². The number of hydrogen-bond donors (Lipinski definition) is 2. The summed E-state index contributed by atoms with van der Waals surface area (Å²) in [5.41, 5.74) is 1.35. The highest BCUT2D eigenvalue weighted by Crippen LogP contribution is 2.28. The van der Waals surface area contributed by atoms with Crippen LogP contribution in [0, 0.1) is 6.92 Å². The number of aliphatic hydroxyl groups excluding tert-OH is 1. The van der Waals surface area contributed by atoms with Crippen molar-refractivity contribution >= 4 is 16.9 Å². The molecular weight excluding hydrogens is 306 g/mol. The van der Waals surface area contributed by atoms with Crippen molar-refractivity contribution in [1.82, 2.24) is 20.0 Å². The molecular formula is C17H25N5O2. The Hall–Kier alpha value is -1.73. The Morgan fingerprint density at radius 2 is 1.96 bits per heavy atom. The van der Waals surface area contributed by atoms with Gasteiger partial charge in [-0.3, -0.25) is 4.90 Å². The lowest BCUT2D eigenvalue weighted by atomic mass is 9.89. The van der Waals surface area contributed by atoms with Crippen LogP contribution in [0.4, 0.5) is 5.82 Å². The molecule has 24 heavy (non-hydrogen) atoms. The van der Waals surface area contributed by atoms with E-state index < -0.39 is 0 Å². The van der Waals surface area contributed by atoms with Gasteiger partial charge in [-0.05, 0) is 32.6 Å². The normalized spacial score (nSPS) is 26.8. The molecule has 2 aliphatic rings. The van der Waals surface area contributed by atoms with Gasteiger partial charge in [0, 0.05) is 25.2 Å². The fraction of sp³-hybridized carbons (Fsp3) is 0.706. The van der Waals surface area contributed by atoms with Crippen LogP contribution in [0.5, 0.6) is 0 Å². The molecule has 4 rings (SSSR count). The molecule has 0 spiro atoms. The smallest absolute Gasteiger partial charge is 0.263 e. The van der Waals surface area contributed by atoms with Gasteiger partial charge in [0.25, 0.3) is 5.71 Å². The second-order valence-electron chi connectivity index (χ2n) is 7.04. The van der Waals surface area contributed by atoms with Crippen LogP contribution in [0.1, 0.15) is 44.2 Å². The Labute approximate surface area is 141 Å². The molecule has 1 saturated heterocycles. The molecule has 2 aromatic rings. The van der Waals surface area contributed by atoms with Crippen molar-refractivity contribution in [1.29, 1.82) is 0 Å². The van der Waals surface area contributed by atoms with Crippen LogP contribution in [-0.2, 0) is 0 Å². The van der Waals surface area contributed by atoms with Crippen LogP contribution in [0.2, 0.25) is 0 Å². The molecule has 0 unspecified atom stereocenters. The molecule has 3 heterocycles. The van der Waals surface area contributed by atoms with Gasteiger partial charge >= 0.3 is 0 Å². The zero-order valence-corrected chi connectivity index (χ0v) is 14.1. The maximum Gasteiger partial charge on any atom is 0.263 e. The molecule has 0 amide bonds. The lowest BCUT2D eigenvalue weighted by Gasteiger charge is -2.41. The third-order valence-corrected chi connectivity index (χ3v) is 5.48. The first-order valence-corrected chi connectivity index (χ1v) is 8.98. The Morgan fingerprint density at radius 1 is 1.17 bits per heavy atom. The van der Waals surface area contributed by atoms with Crippen molar-refractivity contribution in [3.05, 3.63) is 12.0 Å². The molecule has 2 atom stereocenters. The van der Waals surface area contributed by atoms with Crippen molar-refractivity contribution in [2.45, 2.75) is 63.6 Å². The molecule has 2 fully saturated rings. The van der Waals surface area contributed by atoms with Gasteiger partial charge in [0.15, 0.2) is 0 Å². The van der Waals surface area contributed by atoms with Crippen LogP contribution >= 0.6 is 0 Å². The van der Waals surface area contributed by atoms with E-state index in [9.17, 15) is 5.11 Å². The standard InChI is InChI=1S/C17H25N5O2/c1-11-15-16(18-10-19-17(15)24-21-11)20-12-6-8-22(9-7-12)13-4-2-3-5-14(13)23/h10,12-14,23H,2-9H2,1H3,(H,18,19,20)/t13-,14-/m0/s1. The van der Waals surface area contributed by atoms with Crippen LogP contribution in [0.3, 0.4) is 0 Å². The lowest BCUT2D eigenvalue weighted by Crippen LogP contribution is -2.50. The molecule has 2 N–H and O–H groups in total. The van der Waals surface area contributed by atoms with Crippen molar-refractivity contribution in [3.8, 4) is 0 Å². The molecule has 1 aliphatic carbocycles. The second kappa shape index (κ2) is 6.64. The highest BCUT2D eigenvalue weighted by atomic mass is 16.5. The van der Waals surface area contributed by atoms with Gasteiger partial charge in [-0.15, -0.1) is 0 Å². The Kier molecular flexibility index (Phi) is 4.37. The summed E-state index contributed by atoms with van der Waals surface area (Å²) >= 11 is 0. The van der Waals surface area contributed by atoms with E-state index in [1.807, 2.05) is 6.92 Å². The summed E-state index contributed by atoms with van der Waals surface area (Å²) in [5.74, 6) is 0.815. The number of nitrogens with one attached hydrogen (secondary N) is 1. The molecule has 0 radical (unpaired) electrons. The lowest BCUT2D eigenvalue weighted by molar-refractivity contribution is 0.00993. The van der Waals surface area contributed by atoms with E-state index in [1.165, 1.54) is 12.7 Å². The van der Waals surface area contributed by atoms with Crippen LogP contribution in [0.25, 0.3) is 11.1 Å². The number of fused-ring (bicyclic) bond motifs is 1. The molecule has 7 nitrogen and oxygen atoms in total. The number of aliphatic hydroxyl groups is 1. The number of nitrogens with zero attached hydrogens (tertiary/aromatic N) is 4.